The lowest BCUT2D eigenvalue weighted by Gasteiger charge is -2.20. The third-order valence-corrected chi connectivity index (χ3v) is 2.75. The maximum atomic E-state index is 13.1. The van der Waals surface area contributed by atoms with Crippen molar-refractivity contribution in [1.29, 1.82) is 0 Å². The summed E-state index contributed by atoms with van der Waals surface area (Å²) in [6.07, 6.45) is 0.935. The number of carbonyl (C=O) groups is 1. The van der Waals surface area contributed by atoms with E-state index in [1.807, 2.05) is 0 Å². The van der Waals surface area contributed by atoms with Crippen molar-refractivity contribution in [3.63, 3.8) is 0 Å². The summed E-state index contributed by atoms with van der Waals surface area (Å²) in [5.74, 6) is -0.294. The van der Waals surface area contributed by atoms with Crippen molar-refractivity contribution in [2.75, 3.05) is 19.3 Å². The van der Waals surface area contributed by atoms with E-state index in [0.29, 0.717) is 17.1 Å². The molecule has 0 fully saturated rings. The van der Waals surface area contributed by atoms with E-state index in [1.165, 1.54) is 26.5 Å². The summed E-state index contributed by atoms with van der Waals surface area (Å²) < 4.78 is 17.8. The Labute approximate surface area is 121 Å². The van der Waals surface area contributed by atoms with Gasteiger partial charge in [0.25, 0.3) is 0 Å². The molecule has 0 aliphatic carbocycles. The third kappa shape index (κ3) is 3.51. The van der Waals surface area contributed by atoms with E-state index in [0.717, 1.165) is 5.06 Å². The Morgan fingerprint density at radius 3 is 2.71 bits per heavy atom. The highest BCUT2D eigenvalue weighted by molar-refractivity contribution is 5.86. The van der Waals surface area contributed by atoms with E-state index in [-0.39, 0.29) is 6.42 Å². The van der Waals surface area contributed by atoms with Gasteiger partial charge in [-0.2, -0.15) is 9.45 Å². The molecule has 0 saturated carbocycles. The number of ether oxygens (including phenoxy) is 1. The third-order valence-electron chi connectivity index (χ3n) is 2.75. The molecule has 1 aromatic carbocycles. The van der Waals surface area contributed by atoms with Crippen molar-refractivity contribution in [3.8, 4) is 0 Å². The van der Waals surface area contributed by atoms with Gasteiger partial charge in [0.15, 0.2) is 0 Å². The summed E-state index contributed by atoms with van der Waals surface area (Å²) in [5.41, 5.74) is 1.19. The monoisotopic (exact) mass is 291 g/mol. The van der Waals surface area contributed by atoms with Crippen LogP contribution in [0.1, 0.15) is 11.4 Å². The molecule has 0 spiro atoms. The number of anilines is 1. The first-order valence-corrected chi connectivity index (χ1v) is 6.13. The largest absolute Gasteiger partial charge is 0.451 e. The highest BCUT2D eigenvalue weighted by Crippen LogP contribution is 2.23. The molecule has 0 aliphatic heterocycles. The van der Waals surface area contributed by atoms with Crippen molar-refractivity contribution < 1.29 is 18.8 Å². The molecule has 110 valence electrons. The lowest BCUT2D eigenvalue weighted by Crippen LogP contribution is -2.30. The Morgan fingerprint density at radius 1 is 1.29 bits per heavy atom. The number of rotatable bonds is 4. The number of amides is 1. The van der Waals surface area contributed by atoms with Crippen molar-refractivity contribution in [1.82, 2.24) is 9.97 Å². The van der Waals surface area contributed by atoms with Crippen LogP contribution in [0.5, 0.6) is 0 Å². The number of hydrogen-bond donors (Lipinski definition) is 0. The minimum absolute atomic E-state index is 0.255. The number of nitrogens with zero attached hydrogens (tertiary/aromatic N) is 3. The minimum atomic E-state index is -0.662. The highest BCUT2D eigenvalue weighted by Gasteiger charge is 2.19. The fourth-order valence-electron chi connectivity index (χ4n) is 1.84. The van der Waals surface area contributed by atoms with Crippen LogP contribution in [-0.2, 0) is 16.0 Å². The maximum Gasteiger partial charge on any atom is 0.438 e. The number of aromatic nitrogens is 2. The summed E-state index contributed by atoms with van der Waals surface area (Å²) >= 11 is 0. The second-order valence-electron chi connectivity index (χ2n) is 4.05. The van der Waals surface area contributed by atoms with Gasteiger partial charge in [-0.1, -0.05) is 18.2 Å². The van der Waals surface area contributed by atoms with Crippen molar-refractivity contribution in [3.05, 3.63) is 53.9 Å². The molecular formula is C14H14FN3O3. The zero-order valence-electron chi connectivity index (χ0n) is 11.6. The maximum absolute atomic E-state index is 13.1. The minimum Gasteiger partial charge on any atom is -0.451 e. The Morgan fingerprint density at radius 2 is 2.05 bits per heavy atom. The summed E-state index contributed by atoms with van der Waals surface area (Å²) in [6, 6.07) is 8.18. The van der Waals surface area contributed by atoms with Crippen molar-refractivity contribution in [2.45, 2.75) is 6.42 Å². The van der Waals surface area contributed by atoms with Crippen LogP contribution in [0.4, 0.5) is 14.9 Å². The molecular weight excluding hydrogens is 277 g/mol. The predicted octanol–water partition coefficient (Wildman–Crippen LogP) is 2.34. The van der Waals surface area contributed by atoms with E-state index in [2.05, 4.69) is 14.7 Å². The molecule has 1 aromatic heterocycles. The predicted molar refractivity (Wildman–Crippen MR) is 73.1 cm³/mol. The fourth-order valence-corrected chi connectivity index (χ4v) is 1.84. The summed E-state index contributed by atoms with van der Waals surface area (Å²) in [6.45, 7) is 0. The SMILES string of the molecule is COC(=O)N(OC)c1ccccc1Cc1nccc(F)n1. The molecule has 0 atom stereocenters. The second-order valence-corrected chi connectivity index (χ2v) is 4.05. The van der Waals surface area contributed by atoms with Crippen molar-refractivity contribution >= 4 is 11.8 Å². The fraction of sp³-hybridized carbons (Fsp3) is 0.214. The van der Waals surface area contributed by atoms with E-state index in [4.69, 9.17) is 4.84 Å². The van der Waals surface area contributed by atoms with E-state index < -0.39 is 12.0 Å². The first-order chi connectivity index (χ1) is 10.2. The van der Waals surface area contributed by atoms with E-state index in [1.54, 1.807) is 24.3 Å². The van der Waals surface area contributed by atoms with Gasteiger partial charge in [0.1, 0.15) is 5.82 Å². The average Bonchev–Trinajstić information content (AvgIpc) is 2.49. The molecule has 21 heavy (non-hydrogen) atoms. The van der Waals surface area contributed by atoms with Crippen LogP contribution < -0.4 is 5.06 Å². The van der Waals surface area contributed by atoms with Crippen LogP contribution in [-0.4, -0.2) is 30.3 Å². The Kier molecular flexibility index (Phi) is 4.78. The molecule has 0 N–H and O–H groups in total. The van der Waals surface area contributed by atoms with Crippen LogP contribution in [0, 0.1) is 5.95 Å². The zero-order valence-corrected chi connectivity index (χ0v) is 11.6. The Bertz CT molecular complexity index is 636. The number of hydroxylamine groups is 1. The van der Waals surface area contributed by atoms with Crippen LogP contribution in [0.2, 0.25) is 0 Å². The number of hydrogen-bond acceptors (Lipinski definition) is 5. The standard InChI is InChI=1S/C14H14FN3O3/c1-20-14(19)18(21-2)11-6-4-3-5-10(11)9-13-16-8-7-12(15)17-13/h3-8H,9H2,1-2H3. The zero-order chi connectivity index (χ0) is 15.2. The average molecular weight is 291 g/mol. The quantitative estimate of drug-likeness (QED) is 0.639. The molecule has 1 heterocycles. The van der Waals surface area contributed by atoms with Gasteiger partial charge in [-0.05, 0) is 11.6 Å². The smallest absolute Gasteiger partial charge is 0.438 e. The Hall–Kier alpha value is -2.54. The molecule has 0 aliphatic rings. The van der Waals surface area contributed by atoms with Crippen LogP contribution >= 0.6 is 0 Å². The van der Waals surface area contributed by atoms with Gasteiger partial charge in [0.05, 0.1) is 19.9 Å². The van der Waals surface area contributed by atoms with Crippen LogP contribution in [0.25, 0.3) is 0 Å². The molecule has 0 saturated heterocycles. The number of halogens is 1. The normalized spacial score (nSPS) is 10.2. The first kappa shape index (κ1) is 14.9. The number of methoxy groups -OCH3 is 1. The van der Waals surface area contributed by atoms with Gasteiger partial charge in [0, 0.05) is 18.7 Å². The molecule has 2 rings (SSSR count). The van der Waals surface area contributed by atoms with Crippen LogP contribution in [0.3, 0.4) is 0 Å². The van der Waals surface area contributed by atoms with Gasteiger partial charge in [0.2, 0.25) is 5.95 Å². The van der Waals surface area contributed by atoms with Gasteiger partial charge in [-0.3, -0.25) is 4.84 Å². The number of carbonyl (C=O) groups excluding carboxylic acids is 1. The first-order valence-electron chi connectivity index (χ1n) is 6.13. The van der Waals surface area contributed by atoms with E-state index >= 15 is 0 Å². The molecule has 1 amide bonds. The highest BCUT2D eigenvalue weighted by atomic mass is 19.1. The molecule has 7 heteroatoms. The molecule has 2 aromatic rings. The van der Waals surface area contributed by atoms with Gasteiger partial charge < -0.3 is 4.74 Å². The van der Waals surface area contributed by atoms with Gasteiger partial charge in [-0.25, -0.2) is 14.8 Å². The topological polar surface area (TPSA) is 64.5 Å². The summed E-state index contributed by atoms with van der Waals surface area (Å²) in [7, 11) is 2.61. The molecule has 6 nitrogen and oxygen atoms in total. The van der Waals surface area contributed by atoms with Gasteiger partial charge in [-0.15, -0.1) is 0 Å². The van der Waals surface area contributed by atoms with Crippen molar-refractivity contribution in [2.24, 2.45) is 0 Å². The lowest BCUT2D eigenvalue weighted by atomic mass is 10.1. The summed E-state index contributed by atoms with van der Waals surface area (Å²) in [5, 5.41) is 1.01. The molecule has 0 bridgehead atoms. The van der Waals surface area contributed by atoms with E-state index in [9.17, 15) is 9.18 Å². The molecule has 0 unspecified atom stereocenters. The number of benzene rings is 1. The lowest BCUT2D eigenvalue weighted by molar-refractivity contribution is 0.115. The number of para-hydroxylation sites is 1. The van der Waals surface area contributed by atoms with Crippen LogP contribution in [0.15, 0.2) is 36.5 Å². The summed E-state index contributed by atoms with van der Waals surface area (Å²) in [4.78, 5) is 24.4. The molecule has 0 radical (unpaired) electrons. The Balaban J connectivity index is 2.34. The van der Waals surface area contributed by atoms with Gasteiger partial charge >= 0.3 is 6.09 Å². The second kappa shape index (κ2) is 6.76.